The lowest BCUT2D eigenvalue weighted by Gasteiger charge is -2.36. The summed E-state index contributed by atoms with van der Waals surface area (Å²) in [4.78, 5) is 14.6. The second kappa shape index (κ2) is 7.77. The highest BCUT2D eigenvalue weighted by Gasteiger charge is 2.30. The van der Waals surface area contributed by atoms with E-state index < -0.39 is 0 Å². The van der Waals surface area contributed by atoms with E-state index >= 15 is 0 Å². The lowest BCUT2D eigenvalue weighted by molar-refractivity contribution is 0.0628. The molecule has 0 spiro atoms. The van der Waals surface area contributed by atoms with Crippen LogP contribution in [-0.2, 0) is 0 Å². The SMILES string of the molecule is CC(C)c1cc(C(=O)N2CCNCC2c2cccc(F)c2)n[nH]1.Cl. The summed E-state index contributed by atoms with van der Waals surface area (Å²) in [5.41, 5.74) is 2.15. The molecule has 3 rings (SSSR count). The van der Waals surface area contributed by atoms with Gasteiger partial charge in [-0.15, -0.1) is 12.4 Å². The van der Waals surface area contributed by atoms with Gasteiger partial charge in [0.1, 0.15) is 11.5 Å². The van der Waals surface area contributed by atoms with E-state index in [-0.39, 0.29) is 36.1 Å². The molecule has 0 saturated carbocycles. The molecule has 5 nitrogen and oxygen atoms in total. The summed E-state index contributed by atoms with van der Waals surface area (Å²) in [7, 11) is 0. The second-order valence-electron chi connectivity index (χ2n) is 6.14. The number of carbonyl (C=O) groups excluding carboxylic acids is 1. The Bertz CT molecular complexity index is 703. The number of piperazine rings is 1. The molecule has 1 unspecified atom stereocenters. The van der Waals surface area contributed by atoms with Crippen molar-refractivity contribution >= 4 is 18.3 Å². The van der Waals surface area contributed by atoms with Crippen LogP contribution >= 0.6 is 12.4 Å². The predicted octanol–water partition coefficient (Wildman–Crippen LogP) is 2.88. The van der Waals surface area contributed by atoms with Crippen molar-refractivity contribution in [3.8, 4) is 0 Å². The Morgan fingerprint density at radius 1 is 1.38 bits per heavy atom. The maximum Gasteiger partial charge on any atom is 0.274 e. The fraction of sp³-hybridized carbons (Fsp3) is 0.412. The predicted molar refractivity (Wildman–Crippen MR) is 93.0 cm³/mol. The highest BCUT2D eigenvalue weighted by Crippen LogP contribution is 2.25. The molecule has 2 N–H and O–H groups in total. The van der Waals surface area contributed by atoms with Gasteiger partial charge in [-0.2, -0.15) is 5.10 Å². The van der Waals surface area contributed by atoms with Crippen molar-refractivity contribution < 1.29 is 9.18 Å². The molecule has 0 aliphatic carbocycles. The molecular weight excluding hydrogens is 331 g/mol. The minimum Gasteiger partial charge on any atom is -0.328 e. The first-order chi connectivity index (χ1) is 11.1. The van der Waals surface area contributed by atoms with Crippen molar-refractivity contribution in [1.29, 1.82) is 0 Å². The van der Waals surface area contributed by atoms with Crippen molar-refractivity contribution in [2.45, 2.75) is 25.8 Å². The smallest absolute Gasteiger partial charge is 0.274 e. The first-order valence-corrected chi connectivity index (χ1v) is 7.88. The van der Waals surface area contributed by atoms with Gasteiger partial charge in [-0.25, -0.2) is 4.39 Å². The van der Waals surface area contributed by atoms with Crippen LogP contribution in [-0.4, -0.2) is 40.6 Å². The fourth-order valence-electron chi connectivity index (χ4n) is 2.85. The molecule has 1 fully saturated rings. The van der Waals surface area contributed by atoms with Gasteiger partial charge in [0.25, 0.3) is 5.91 Å². The zero-order chi connectivity index (χ0) is 16.4. The highest BCUT2D eigenvalue weighted by molar-refractivity contribution is 5.92. The Balaban J connectivity index is 0.00000208. The Hall–Kier alpha value is -1.92. The van der Waals surface area contributed by atoms with Gasteiger partial charge in [0.05, 0.1) is 6.04 Å². The number of hydrogen-bond acceptors (Lipinski definition) is 3. The average molecular weight is 353 g/mol. The van der Waals surface area contributed by atoms with Crippen LogP contribution in [0.15, 0.2) is 30.3 Å². The van der Waals surface area contributed by atoms with Gasteiger partial charge in [0, 0.05) is 25.3 Å². The molecule has 1 aliphatic heterocycles. The summed E-state index contributed by atoms with van der Waals surface area (Å²) in [6.07, 6.45) is 0. The number of benzene rings is 1. The van der Waals surface area contributed by atoms with Crippen molar-refractivity contribution in [3.63, 3.8) is 0 Å². The molecule has 7 heteroatoms. The lowest BCUT2D eigenvalue weighted by atomic mass is 10.0. The fourth-order valence-corrected chi connectivity index (χ4v) is 2.85. The number of H-pyrrole nitrogens is 1. The summed E-state index contributed by atoms with van der Waals surface area (Å²) in [6.45, 7) is 5.99. The average Bonchev–Trinajstić information content (AvgIpc) is 3.04. The molecule has 130 valence electrons. The molecule has 1 amide bonds. The van der Waals surface area contributed by atoms with E-state index in [1.807, 2.05) is 19.9 Å². The van der Waals surface area contributed by atoms with Crippen LogP contribution in [0.2, 0.25) is 0 Å². The Labute approximate surface area is 147 Å². The van der Waals surface area contributed by atoms with Gasteiger partial charge in [-0.3, -0.25) is 9.89 Å². The Kier molecular flexibility index (Phi) is 5.96. The van der Waals surface area contributed by atoms with Gasteiger partial charge in [0.15, 0.2) is 0 Å². The third-order valence-corrected chi connectivity index (χ3v) is 4.18. The van der Waals surface area contributed by atoms with Crippen molar-refractivity contribution in [2.75, 3.05) is 19.6 Å². The van der Waals surface area contributed by atoms with Gasteiger partial charge in [-0.05, 0) is 29.7 Å². The number of carbonyl (C=O) groups is 1. The molecule has 1 saturated heterocycles. The van der Waals surface area contributed by atoms with Crippen LogP contribution in [0.3, 0.4) is 0 Å². The van der Waals surface area contributed by atoms with Crippen LogP contribution in [0.1, 0.15) is 47.6 Å². The van der Waals surface area contributed by atoms with Crippen LogP contribution in [0, 0.1) is 5.82 Å². The number of aromatic nitrogens is 2. The third-order valence-electron chi connectivity index (χ3n) is 4.18. The largest absolute Gasteiger partial charge is 0.328 e. The normalized spacial score (nSPS) is 17.7. The number of nitrogens with one attached hydrogen (secondary N) is 2. The summed E-state index contributed by atoms with van der Waals surface area (Å²) < 4.78 is 13.5. The number of halogens is 2. The van der Waals surface area contributed by atoms with Crippen molar-refractivity contribution in [2.24, 2.45) is 0 Å². The Morgan fingerprint density at radius 3 is 2.83 bits per heavy atom. The van der Waals surface area contributed by atoms with Gasteiger partial charge < -0.3 is 10.2 Å². The zero-order valence-electron chi connectivity index (χ0n) is 13.8. The molecule has 0 radical (unpaired) electrons. The van der Waals surface area contributed by atoms with Gasteiger partial charge in [0.2, 0.25) is 0 Å². The van der Waals surface area contributed by atoms with E-state index in [1.54, 1.807) is 17.0 Å². The number of amides is 1. The van der Waals surface area contributed by atoms with Gasteiger partial charge >= 0.3 is 0 Å². The van der Waals surface area contributed by atoms with Crippen molar-refractivity contribution in [3.05, 3.63) is 53.1 Å². The first kappa shape index (κ1) is 18.4. The second-order valence-corrected chi connectivity index (χ2v) is 6.14. The highest BCUT2D eigenvalue weighted by atomic mass is 35.5. The van der Waals surface area contributed by atoms with E-state index in [2.05, 4.69) is 15.5 Å². The maximum absolute atomic E-state index is 13.5. The topological polar surface area (TPSA) is 61.0 Å². The number of aromatic amines is 1. The molecular formula is C17H22ClFN4O. The van der Waals surface area contributed by atoms with Crippen molar-refractivity contribution in [1.82, 2.24) is 20.4 Å². The first-order valence-electron chi connectivity index (χ1n) is 7.88. The molecule has 1 aliphatic rings. The molecule has 0 bridgehead atoms. The quantitative estimate of drug-likeness (QED) is 0.893. The lowest BCUT2D eigenvalue weighted by Crippen LogP contribution is -2.48. The molecule has 1 aromatic heterocycles. The van der Waals surface area contributed by atoms with Gasteiger partial charge in [-0.1, -0.05) is 26.0 Å². The molecule has 24 heavy (non-hydrogen) atoms. The summed E-state index contributed by atoms with van der Waals surface area (Å²) >= 11 is 0. The van der Waals surface area contributed by atoms with Crippen LogP contribution in [0.4, 0.5) is 4.39 Å². The minimum absolute atomic E-state index is 0. The molecule has 1 aromatic carbocycles. The summed E-state index contributed by atoms with van der Waals surface area (Å²) in [6, 6.07) is 8.04. The number of nitrogens with zero attached hydrogens (tertiary/aromatic N) is 2. The van der Waals surface area contributed by atoms with E-state index in [1.165, 1.54) is 12.1 Å². The van der Waals surface area contributed by atoms with E-state index in [4.69, 9.17) is 0 Å². The minimum atomic E-state index is -0.290. The number of hydrogen-bond donors (Lipinski definition) is 2. The van der Waals surface area contributed by atoms with Crippen LogP contribution in [0.25, 0.3) is 0 Å². The van der Waals surface area contributed by atoms with E-state index in [9.17, 15) is 9.18 Å². The molecule has 2 heterocycles. The number of rotatable bonds is 3. The third kappa shape index (κ3) is 3.76. The standard InChI is InChI=1S/C17H21FN4O.ClH/c1-11(2)14-9-15(21-20-14)17(23)22-7-6-19-10-16(22)12-4-3-5-13(18)8-12;/h3-5,8-9,11,16,19H,6-7,10H2,1-2H3,(H,20,21);1H. The zero-order valence-corrected chi connectivity index (χ0v) is 14.6. The maximum atomic E-state index is 13.5. The van der Waals surface area contributed by atoms with Crippen LogP contribution < -0.4 is 5.32 Å². The summed E-state index contributed by atoms with van der Waals surface area (Å²) in [5, 5.41) is 10.3. The molecule has 1 atom stereocenters. The van der Waals surface area contributed by atoms with E-state index in [0.29, 0.717) is 18.8 Å². The van der Waals surface area contributed by atoms with Crippen LogP contribution in [0.5, 0.6) is 0 Å². The summed E-state index contributed by atoms with van der Waals surface area (Å²) in [5.74, 6) is -0.127. The molecule has 2 aromatic rings. The van der Waals surface area contributed by atoms with E-state index in [0.717, 1.165) is 17.8 Å². The monoisotopic (exact) mass is 352 g/mol. The Morgan fingerprint density at radius 2 is 2.17 bits per heavy atom.